The van der Waals surface area contributed by atoms with Crippen molar-refractivity contribution < 1.29 is 14.3 Å². The predicted octanol–water partition coefficient (Wildman–Crippen LogP) is 2.95. The smallest absolute Gasteiger partial charge is 0.337 e. The molecular weight excluding hydrogens is 228 g/mol. The minimum Gasteiger partial charge on any atom is -0.465 e. The fourth-order valence-electron chi connectivity index (χ4n) is 1.67. The van der Waals surface area contributed by atoms with E-state index in [4.69, 9.17) is 0 Å². The van der Waals surface area contributed by atoms with Crippen molar-refractivity contribution >= 4 is 12.3 Å². The summed E-state index contributed by atoms with van der Waals surface area (Å²) in [6.07, 6.45) is 0.810. The zero-order chi connectivity index (χ0) is 13.0. The van der Waals surface area contributed by atoms with Crippen LogP contribution >= 0.6 is 0 Å². The van der Waals surface area contributed by atoms with Crippen molar-refractivity contribution in [3.8, 4) is 11.1 Å². The van der Waals surface area contributed by atoms with E-state index in [0.717, 1.165) is 17.4 Å². The first kappa shape index (κ1) is 12.0. The van der Waals surface area contributed by atoms with Crippen molar-refractivity contribution in [2.75, 3.05) is 7.11 Å². The van der Waals surface area contributed by atoms with Crippen LogP contribution in [-0.4, -0.2) is 19.4 Å². The van der Waals surface area contributed by atoms with Crippen molar-refractivity contribution in [2.24, 2.45) is 0 Å². The number of methoxy groups -OCH3 is 1. The number of hydrogen-bond acceptors (Lipinski definition) is 3. The Kier molecular flexibility index (Phi) is 3.53. The van der Waals surface area contributed by atoms with Gasteiger partial charge in [0, 0.05) is 5.56 Å². The Balaban J connectivity index is 2.28. The Hall–Kier alpha value is -2.42. The average molecular weight is 240 g/mol. The summed E-state index contributed by atoms with van der Waals surface area (Å²) in [6.45, 7) is 0. The Labute approximate surface area is 105 Å². The highest BCUT2D eigenvalue weighted by Crippen LogP contribution is 2.20. The predicted molar refractivity (Wildman–Crippen MR) is 68.6 cm³/mol. The van der Waals surface area contributed by atoms with Crippen molar-refractivity contribution in [1.29, 1.82) is 0 Å². The number of carbonyl (C=O) groups is 2. The zero-order valence-corrected chi connectivity index (χ0v) is 9.92. The number of benzene rings is 2. The molecule has 0 bridgehead atoms. The van der Waals surface area contributed by atoms with Crippen LogP contribution in [0.15, 0.2) is 48.5 Å². The third-order valence-corrected chi connectivity index (χ3v) is 2.69. The number of carbonyl (C=O) groups excluding carboxylic acids is 2. The quantitative estimate of drug-likeness (QED) is 0.612. The van der Waals surface area contributed by atoms with Crippen LogP contribution in [0.4, 0.5) is 0 Å². The maximum Gasteiger partial charge on any atom is 0.337 e. The zero-order valence-electron chi connectivity index (χ0n) is 9.92. The van der Waals surface area contributed by atoms with Crippen molar-refractivity contribution in [3.05, 3.63) is 59.7 Å². The van der Waals surface area contributed by atoms with Crippen LogP contribution < -0.4 is 0 Å². The van der Waals surface area contributed by atoms with E-state index in [1.807, 2.05) is 24.3 Å². The molecule has 0 N–H and O–H groups in total. The van der Waals surface area contributed by atoms with Gasteiger partial charge in [-0.2, -0.15) is 0 Å². The first-order valence-electron chi connectivity index (χ1n) is 5.48. The summed E-state index contributed by atoms with van der Waals surface area (Å²) >= 11 is 0. The van der Waals surface area contributed by atoms with Gasteiger partial charge in [0.1, 0.15) is 6.29 Å². The SMILES string of the molecule is COC(=O)c1ccc(-c2ccc(C=O)cc2)cc1. The number of rotatable bonds is 3. The van der Waals surface area contributed by atoms with Gasteiger partial charge in [-0.05, 0) is 23.3 Å². The van der Waals surface area contributed by atoms with Crippen LogP contribution in [0.1, 0.15) is 20.7 Å². The average Bonchev–Trinajstić information content (AvgIpc) is 2.47. The summed E-state index contributed by atoms with van der Waals surface area (Å²) in [4.78, 5) is 21.8. The molecule has 0 heterocycles. The highest BCUT2D eigenvalue weighted by molar-refractivity contribution is 5.90. The molecule has 0 radical (unpaired) electrons. The molecule has 2 aromatic carbocycles. The lowest BCUT2D eigenvalue weighted by Gasteiger charge is -2.03. The highest BCUT2D eigenvalue weighted by atomic mass is 16.5. The maximum absolute atomic E-state index is 11.3. The minimum absolute atomic E-state index is 0.349. The van der Waals surface area contributed by atoms with E-state index in [0.29, 0.717) is 11.1 Å². The largest absolute Gasteiger partial charge is 0.465 e. The van der Waals surface area contributed by atoms with E-state index in [-0.39, 0.29) is 5.97 Å². The fraction of sp³-hybridized carbons (Fsp3) is 0.0667. The van der Waals surface area contributed by atoms with Gasteiger partial charge < -0.3 is 4.74 Å². The van der Waals surface area contributed by atoms with Crippen molar-refractivity contribution in [3.63, 3.8) is 0 Å². The lowest BCUT2D eigenvalue weighted by molar-refractivity contribution is 0.0600. The standard InChI is InChI=1S/C15H12O3/c1-18-15(17)14-8-6-13(7-9-14)12-4-2-11(10-16)3-5-12/h2-10H,1H3. The van der Waals surface area contributed by atoms with Crippen molar-refractivity contribution in [2.45, 2.75) is 0 Å². The van der Waals surface area contributed by atoms with Gasteiger partial charge in [0.05, 0.1) is 12.7 Å². The monoisotopic (exact) mass is 240 g/mol. The molecule has 0 saturated carbocycles. The van der Waals surface area contributed by atoms with Gasteiger partial charge in [0.2, 0.25) is 0 Å². The molecular formula is C15H12O3. The molecule has 3 heteroatoms. The number of ether oxygens (including phenoxy) is 1. The Morgan fingerprint density at radius 3 is 1.89 bits per heavy atom. The molecule has 0 amide bonds. The summed E-state index contributed by atoms with van der Waals surface area (Å²) in [7, 11) is 1.36. The van der Waals surface area contributed by atoms with Gasteiger partial charge in [0.25, 0.3) is 0 Å². The molecule has 90 valence electrons. The van der Waals surface area contributed by atoms with E-state index in [9.17, 15) is 9.59 Å². The lowest BCUT2D eigenvalue weighted by Crippen LogP contribution is -2.00. The molecule has 0 unspecified atom stereocenters. The van der Waals surface area contributed by atoms with Crippen LogP contribution in [0.5, 0.6) is 0 Å². The topological polar surface area (TPSA) is 43.4 Å². The second-order valence-electron chi connectivity index (χ2n) is 3.81. The molecule has 2 aromatic rings. The first-order chi connectivity index (χ1) is 8.74. The van der Waals surface area contributed by atoms with Gasteiger partial charge in [-0.25, -0.2) is 4.79 Å². The Morgan fingerprint density at radius 1 is 0.944 bits per heavy atom. The van der Waals surface area contributed by atoms with Gasteiger partial charge in [-0.1, -0.05) is 36.4 Å². The van der Waals surface area contributed by atoms with Gasteiger partial charge in [-0.3, -0.25) is 4.79 Å². The van der Waals surface area contributed by atoms with E-state index in [2.05, 4.69) is 4.74 Å². The third kappa shape index (κ3) is 2.46. The van der Waals surface area contributed by atoms with E-state index < -0.39 is 0 Å². The molecule has 0 saturated heterocycles. The van der Waals surface area contributed by atoms with Crippen LogP contribution in [-0.2, 0) is 4.74 Å². The summed E-state index contributed by atoms with van der Waals surface area (Å²) in [5, 5.41) is 0. The van der Waals surface area contributed by atoms with Crippen molar-refractivity contribution in [1.82, 2.24) is 0 Å². The second kappa shape index (κ2) is 5.27. The normalized spacial score (nSPS) is 9.83. The molecule has 18 heavy (non-hydrogen) atoms. The second-order valence-corrected chi connectivity index (χ2v) is 3.81. The van der Waals surface area contributed by atoms with Crippen LogP contribution in [0.3, 0.4) is 0 Å². The number of hydrogen-bond donors (Lipinski definition) is 0. The van der Waals surface area contributed by atoms with Crippen LogP contribution in [0.25, 0.3) is 11.1 Å². The number of esters is 1. The molecule has 0 atom stereocenters. The van der Waals surface area contributed by atoms with Gasteiger partial charge in [0.15, 0.2) is 0 Å². The molecule has 0 spiro atoms. The van der Waals surface area contributed by atoms with E-state index >= 15 is 0 Å². The summed E-state index contributed by atoms with van der Waals surface area (Å²) in [5.74, 6) is -0.349. The first-order valence-corrected chi connectivity index (χ1v) is 5.48. The van der Waals surface area contributed by atoms with Gasteiger partial charge >= 0.3 is 5.97 Å². The van der Waals surface area contributed by atoms with Crippen LogP contribution in [0, 0.1) is 0 Å². The molecule has 0 aliphatic heterocycles. The molecule has 0 aliphatic carbocycles. The van der Waals surface area contributed by atoms with E-state index in [1.54, 1.807) is 24.3 Å². The summed E-state index contributed by atoms with van der Waals surface area (Å²) in [6, 6.07) is 14.4. The molecule has 2 rings (SSSR count). The highest BCUT2D eigenvalue weighted by Gasteiger charge is 2.05. The summed E-state index contributed by atoms with van der Waals surface area (Å²) in [5.41, 5.74) is 3.15. The van der Waals surface area contributed by atoms with Gasteiger partial charge in [-0.15, -0.1) is 0 Å². The summed E-state index contributed by atoms with van der Waals surface area (Å²) < 4.78 is 4.63. The fourth-order valence-corrected chi connectivity index (χ4v) is 1.67. The Bertz CT molecular complexity index is 553. The molecule has 0 fully saturated rings. The Morgan fingerprint density at radius 2 is 1.44 bits per heavy atom. The minimum atomic E-state index is -0.349. The lowest BCUT2D eigenvalue weighted by atomic mass is 10.0. The van der Waals surface area contributed by atoms with E-state index in [1.165, 1.54) is 7.11 Å². The molecule has 0 aliphatic rings. The maximum atomic E-state index is 11.3. The number of aldehydes is 1. The third-order valence-electron chi connectivity index (χ3n) is 2.69. The van der Waals surface area contributed by atoms with Crippen LogP contribution in [0.2, 0.25) is 0 Å². The molecule has 3 nitrogen and oxygen atoms in total. The molecule has 0 aromatic heterocycles.